The summed E-state index contributed by atoms with van der Waals surface area (Å²) in [5.41, 5.74) is 1.79. The van der Waals surface area contributed by atoms with Crippen molar-refractivity contribution in [1.82, 2.24) is 4.98 Å². The highest BCUT2D eigenvalue weighted by molar-refractivity contribution is 9.11. The van der Waals surface area contributed by atoms with E-state index >= 15 is 0 Å². The van der Waals surface area contributed by atoms with Crippen LogP contribution in [-0.4, -0.2) is 10.1 Å². The summed E-state index contributed by atoms with van der Waals surface area (Å²) in [6.45, 7) is 1.93. The van der Waals surface area contributed by atoms with Crippen molar-refractivity contribution in [3.63, 3.8) is 0 Å². The Labute approximate surface area is 101 Å². The normalized spacial score (nSPS) is 12.7. The third-order valence-corrected chi connectivity index (χ3v) is 3.79. The Balaban J connectivity index is 2.28. The van der Waals surface area contributed by atoms with E-state index < -0.39 is 6.10 Å². The molecule has 1 unspecified atom stereocenters. The third-order valence-electron chi connectivity index (χ3n) is 2.11. The van der Waals surface area contributed by atoms with Gasteiger partial charge in [0.05, 0.1) is 3.79 Å². The molecule has 0 radical (unpaired) electrons. The quantitative estimate of drug-likeness (QED) is 0.918. The van der Waals surface area contributed by atoms with Gasteiger partial charge in [0.2, 0.25) is 0 Å². The topological polar surface area (TPSA) is 33.1 Å². The molecule has 1 N–H and O–H groups in total. The van der Waals surface area contributed by atoms with E-state index in [-0.39, 0.29) is 0 Å². The predicted octanol–water partition coefficient (Wildman–Crippen LogP) is 3.30. The van der Waals surface area contributed by atoms with Gasteiger partial charge in [-0.15, -0.1) is 11.3 Å². The fourth-order valence-corrected chi connectivity index (χ4v) is 2.72. The minimum Gasteiger partial charge on any atom is -0.383 e. The summed E-state index contributed by atoms with van der Waals surface area (Å²) in [6.07, 6.45) is 1.14. The summed E-state index contributed by atoms with van der Waals surface area (Å²) in [5, 5.41) is 10.0. The fraction of sp³-hybridized carbons (Fsp3) is 0.182. The zero-order valence-corrected chi connectivity index (χ0v) is 10.5. The minimum absolute atomic E-state index is 0.575. The summed E-state index contributed by atoms with van der Waals surface area (Å²) >= 11 is 4.91. The van der Waals surface area contributed by atoms with Crippen molar-refractivity contribution in [1.29, 1.82) is 0 Å². The molecule has 1 atom stereocenters. The molecule has 2 rings (SSSR count). The van der Waals surface area contributed by atoms with Crippen molar-refractivity contribution >= 4 is 27.3 Å². The van der Waals surface area contributed by atoms with E-state index in [1.54, 1.807) is 6.20 Å². The van der Waals surface area contributed by atoms with Crippen molar-refractivity contribution in [3.05, 3.63) is 50.4 Å². The highest BCUT2D eigenvalue weighted by atomic mass is 79.9. The molecule has 78 valence electrons. The lowest BCUT2D eigenvalue weighted by Gasteiger charge is -2.08. The maximum absolute atomic E-state index is 10.0. The number of rotatable bonds is 2. The zero-order valence-electron chi connectivity index (χ0n) is 8.14. The Hall–Kier alpha value is -0.710. The van der Waals surface area contributed by atoms with Crippen LogP contribution in [0.15, 0.2) is 34.2 Å². The van der Waals surface area contributed by atoms with Gasteiger partial charge >= 0.3 is 0 Å². The number of aliphatic hydroxyl groups excluding tert-OH is 1. The average molecular weight is 284 g/mol. The molecule has 0 spiro atoms. The SMILES string of the molecule is Cc1ccc(C(O)c2ccc(Br)s2)cn1. The third kappa shape index (κ3) is 2.45. The molecule has 0 fully saturated rings. The summed E-state index contributed by atoms with van der Waals surface area (Å²) < 4.78 is 1.02. The van der Waals surface area contributed by atoms with E-state index in [0.717, 1.165) is 19.9 Å². The largest absolute Gasteiger partial charge is 0.383 e. The van der Waals surface area contributed by atoms with Crippen molar-refractivity contribution in [2.24, 2.45) is 0 Å². The molecular formula is C11H10BrNOS. The lowest BCUT2D eigenvalue weighted by Crippen LogP contribution is -1.97. The second-order valence-electron chi connectivity index (χ2n) is 3.28. The van der Waals surface area contributed by atoms with Gasteiger partial charge in [-0.25, -0.2) is 0 Å². The van der Waals surface area contributed by atoms with Crippen LogP contribution in [0.1, 0.15) is 22.2 Å². The summed E-state index contributed by atoms with van der Waals surface area (Å²) in [7, 11) is 0. The van der Waals surface area contributed by atoms with E-state index in [9.17, 15) is 5.11 Å². The number of thiophene rings is 1. The van der Waals surface area contributed by atoms with Gasteiger partial charge in [-0.2, -0.15) is 0 Å². The minimum atomic E-state index is -0.575. The number of aliphatic hydroxyl groups is 1. The van der Waals surface area contributed by atoms with Gasteiger partial charge in [0, 0.05) is 22.3 Å². The first-order valence-electron chi connectivity index (χ1n) is 4.52. The van der Waals surface area contributed by atoms with Gasteiger partial charge in [-0.1, -0.05) is 6.07 Å². The van der Waals surface area contributed by atoms with Crippen LogP contribution in [0.5, 0.6) is 0 Å². The average Bonchev–Trinajstić information content (AvgIpc) is 2.65. The van der Waals surface area contributed by atoms with Crippen LogP contribution in [0, 0.1) is 6.92 Å². The maximum Gasteiger partial charge on any atom is 0.115 e. The zero-order chi connectivity index (χ0) is 10.8. The second-order valence-corrected chi connectivity index (χ2v) is 5.77. The number of hydrogen-bond donors (Lipinski definition) is 1. The molecule has 2 nitrogen and oxygen atoms in total. The standard InChI is InChI=1S/C11H10BrNOS/c1-7-2-3-8(6-13-7)11(14)9-4-5-10(12)15-9/h2-6,11,14H,1H3. The molecule has 2 aromatic heterocycles. The monoisotopic (exact) mass is 283 g/mol. The first-order chi connectivity index (χ1) is 7.16. The van der Waals surface area contributed by atoms with Gasteiger partial charge < -0.3 is 5.11 Å². The summed E-state index contributed by atoms with van der Waals surface area (Å²) in [5.74, 6) is 0. The van der Waals surface area contributed by atoms with Crippen molar-refractivity contribution in [3.8, 4) is 0 Å². The van der Waals surface area contributed by atoms with E-state index in [0.29, 0.717) is 0 Å². The van der Waals surface area contributed by atoms with Gasteiger partial charge in [0.15, 0.2) is 0 Å². The molecule has 0 saturated heterocycles. The molecule has 0 aromatic carbocycles. The van der Waals surface area contributed by atoms with Crippen LogP contribution in [-0.2, 0) is 0 Å². The Kier molecular flexibility index (Phi) is 3.19. The number of hydrogen-bond acceptors (Lipinski definition) is 3. The van der Waals surface area contributed by atoms with E-state index in [4.69, 9.17) is 0 Å². The lowest BCUT2D eigenvalue weighted by atomic mass is 10.1. The lowest BCUT2D eigenvalue weighted by molar-refractivity contribution is 0.223. The maximum atomic E-state index is 10.0. The first-order valence-corrected chi connectivity index (χ1v) is 6.13. The molecule has 0 bridgehead atoms. The second kappa shape index (κ2) is 4.43. The van der Waals surface area contributed by atoms with E-state index in [1.807, 2.05) is 31.2 Å². The van der Waals surface area contributed by atoms with Gasteiger partial charge in [0.25, 0.3) is 0 Å². The molecule has 4 heteroatoms. The molecule has 0 saturated carbocycles. The van der Waals surface area contributed by atoms with Gasteiger partial charge in [-0.3, -0.25) is 4.98 Å². The van der Waals surface area contributed by atoms with Gasteiger partial charge in [0.1, 0.15) is 6.10 Å². The smallest absolute Gasteiger partial charge is 0.115 e. The Morgan fingerprint density at radius 1 is 1.33 bits per heavy atom. The van der Waals surface area contributed by atoms with Gasteiger partial charge in [-0.05, 0) is 41.1 Å². The molecule has 2 aromatic rings. The van der Waals surface area contributed by atoms with Crippen LogP contribution in [0.25, 0.3) is 0 Å². The van der Waals surface area contributed by atoms with E-state index in [2.05, 4.69) is 20.9 Å². The molecule has 0 aliphatic rings. The highest BCUT2D eigenvalue weighted by Gasteiger charge is 2.12. The van der Waals surface area contributed by atoms with Crippen LogP contribution in [0.3, 0.4) is 0 Å². The predicted molar refractivity (Wildman–Crippen MR) is 65.1 cm³/mol. The Morgan fingerprint density at radius 3 is 2.67 bits per heavy atom. The molecule has 2 heterocycles. The summed E-state index contributed by atoms with van der Waals surface area (Å²) in [6, 6.07) is 7.66. The van der Waals surface area contributed by atoms with Crippen LogP contribution < -0.4 is 0 Å². The number of halogens is 1. The van der Waals surface area contributed by atoms with Crippen molar-refractivity contribution < 1.29 is 5.11 Å². The van der Waals surface area contributed by atoms with Crippen LogP contribution >= 0.6 is 27.3 Å². The number of aryl methyl sites for hydroxylation is 1. The molecule has 0 aliphatic carbocycles. The van der Waals surface area contributed by atoms with Crippen LogP contribution in [0.2, 0.25) is 0 Å². The molecular weight excluding hydrogens is 274 g/mol. The molecule has 0 aliphatic heterocycles. The number of aromatic nitrogens is 1. The fourth-order valence-electron chi connectivity index (χ4n) is 1.28. The Morgan fingerprint density at radius 2 is 2.13 bits per heavy atom. The number of nitrogens with zero attached hydrogens (tertiary/aromatic N) is 1. The first kappa shape index (κ1) is 10.8. The van der Waals surface area contributed by atoms with Crippen molar-refractivity contribution in [2.75, 3.05) is 0 Å². The Bertz CT molecular complexity index is 452. The molecule has 15 heavy (non-hydrogen) atoms. The highest BCUT2D eigenvalue weighted by Crippen LogP contribution is 2.30. The number of pyridine rings is 1. The van der Waals surface area contributed by atoms with Crippen LogP contribution in [0.4, 0.5) is 0 Å². The molecule has 0 amide bonds. The summed E-state index contributed by atoms with van der Waals surface area (Å²) in [4.78, 5) is 5.09. The van der Waals surface area contributed by atoms with E-state index in [1.165, 1.54) is 11.3 Å². The van der Waals surface area contributed by atoms with Crippen molar-refractivity contribution in [2.45, 2.75) is 13.0 Å².